The summed E-state index contributed by atoms with van der Waals surface area (Å²) in [6.07, 6.45) is 0.594. The molecule has 1 aliphatic rings. The first-order valence-corrected chi connectivity index (χ1v) is 5.96. The van der Waals surface area contributed by atoms with Gasteiger partial charge in [-0.05, 0) is 6.42 Å². The first kappa shape index (κ1) is 10.2. The molecule has 0 aromatic heterocycles. The lowest BCUT2D eigenvalue weighted by Crippen LogP contribution is -2.41. The predicted octanol–water partition coefficient (Wildman–Crippen LogP) is -0.178. The monoisotopic (exact) mass is 191 g/mol. The molecule has 1 atom stereocenters. The van der Waals surface area contributed by atoms with Crippen molar-refractivity contribution in [2.24, 2.45) is 0 Å². The summed E-state index contributed by atoms with van der Waals surface area (Å²) in [5, 5.41) is 9.36. The number of aliphatic hydroxyl groups excluding tert-OH is 1. The van der Waals surface area contributed by atoms with Crippen molar-refractivity contribution in [1.29, 1.82) is 0 Å². The summed E-state index contributed by atoms with van der Waals surface area (Å²) in [6, 6.07) is 0. The van der Waals surface area contributed by atoms with E-state index in [1.54, 1.807) is 0 Å². The van der Waals surface area contributed by atoms with Gasteiger partial charge in [0.2, 0.25) is 0 Å². The summed E-state index contributed by atoms with van der Waals surface area (Å²) in [5.74, 6) is 1.55. The zero-order valence-corrected chi connectivity index (χ0v) is 8.35. The van der Waals surface area contributed by atoms with Crippen LogP contribution in [0.5, 0.6) is 0 Å². The van der Waals surface area contributed by atoms with Crippen LogP contribution in [0.3, 0.4) is 0 Å². The second-order valence-corrected chi connectivity index (χ2v) is 4.91. The highest BCUT2D eigenvalue weighted by Crippen LogP contribution is 2.02. The van der Waals surface area contributed by atoms with Gasteiger partial charge in [0, 0.05) is 41.9 Å². The van der Waals surface area contributed by atoms with Crippen molar-refractivity contribution in [3.63, 3.8) is 0 Å². The third kappa shape index (κ3) is 3.21. The van der Waals surface area contributed by atoms with Crippen LogP contribution in [0.2, 0.25) is 0 Å². The minimum Gasteiger partial charge on any atom is -0.392 e. The molecule has 0 aliphatic carbocycles. The Morgan fingerprint density at radius 2 is 2.08 bits per heavy atom. The fourth-order valence-corrected chi connectivity index (χ4v) is 2.41. The Balaban J connectivity index is 2.21. The molecule has 4 heteroatoms. The van der Waals surface area contributed by atoms with E-state index in [1.165, 1.54) is 0 Å². The van der Waals surface area contributed by atoms with Crippen molar-refractivity contribution < 1.29 is 9.32 Å². The maximum atomic E-state index is 11.0. The normalized spacial score (nSPS) is 24.2. The average molecular weight is 191 g/mol. The summed E-state index contributed by atoms with van der Waals surface area (Å²) in [6.45, 7) is 4.48. The van der Waals surface area contributed by atoms with Crippen molar-refractivity contribution >= 4 is 10.8 Å². The summed E-state index contributed by atoms with van der Waals surface area (Å²) in [5.41, 5.74) is 0. The quantitative estimate of drug-likeness (QED) is 0.673. The van der Waals surface area contributed by atoms with Crippen LogP contribution in [-0.4, -0.2) is 51.5 Å². The van der Waals surface area contributed by atoms with Gasteiger partial charge in [0.05, 0.1) is 6.10 Å². The Kier molecular flexibility index (Phi) is 4.18. The van der Waals surface area contributed by atoms with E-state index in [-0.39, 0.29) is 6.10 Å². The van der Waals surface area contributed by atoms with Crippen molar-refractivity contribution in [2.45, 2.75) is 19.4 Å². The highest BCUT2D eigenvalue weighted by atomic mass is 32.2. The lowest BCUT2D eigenvalue weighted by molar-refractivity contribution is 0.114. The third-order valence-corrected chi connectivity index (χ3v) is 3.49. The summed E-state index contributed by atoms with van der Waals surface area (Å²) in [4.78, 5) is 2.19. The molecule has 1 aliphatic heterocycles. The standard InChI is InChI=1S/C8H17NO2S/c1-2-8(10)7-9-3-5-12(11)6-4-9/h8,10H,2-7H2,1H3/t8-/m0/s1. The first-order chi connectivity index (χ1) is 5.72. The molecule has 0 aromatic carbocycles. The fraction of sp³-hybridized carbons (Fsp3) is 1.00. The minimum atomic E-state index is -0.601. The highest BCUT2D eigenvalue weighted by Gasteiger charge is 2.16. The van der Waals surface area contributed by atoms with Gasteiger partial charge >= 0.3 is 0 Å². The molecule has 3 nitrogen and oxygen atoms in total. The Hall–Kier alpha value is 0.0700. The predicted molar refractivity (Wildman–Crippen MR) is 50.6 cm³/mol. The second-order valence-electron chi connectivity index (χ2n) is 3.21. The van der Waals surface area contributed by atoms with E-state index in [4.69, 9.17) is 0 Å². The molecular formula is C8H17NO2S. The molecule has 1 heterocycles. The minimum absolute atomic E-state index is 0.212. The molecule has 1 saturated heterocycles. The zero-order chi connectivity index (χ0) is 8.97. The van der Waals surface area contributed by atoms with Gasteiger partial charge in [0.1, 0.15) is 0 Å². The van der Waals surface area contributed by atoms with Gasteiger partial charge in [-0.3, -0.25) is 9.11 Å². The zero-order valence-electron chi connectivity index (χ0n) is 7.53. The van der Waals surface area contributed by atoms with Gasteiger partial charge < -0.3 is 5.11 Å². The van der Waals surface area contributed by atoms with Crippen molar-refractivity contribution in [3.05, 3.63) is 0 Å². The van der Waals surface area contributed by atoms with Gasteiger partial charge in [-0.1, -0.05) is 6.92 Å². The molecule has 0 saturated carbocycles. The fourth-order valence-electron chi connectivity index (χ4n) is 1.29. The molecule has 0 amide bonds. The van der Waals surface area contributed by atoms with Crippen LogP contribution in [0, 0.1) is 0 Å². The van der Waals surface area contributed by atoms with Gasteiger partial charge in [-0.2, -0.15) is 0 Å². The Morgan fingerprint density at radius 3 is 2.58 bits per heavy atom. The number of rotatable bonds is 3. The maximum Gasteiger partial charge on any atom is 0.0664 e. The van der Waals surface area contributed by atoms with Gasteiger partial charge in [0.25, 0.3) is 0 Å². The molecule has 0 bridgehead atoms. The summed E-state index contributed by atoms with van der Waals surface area (Å²) < 4.78 is 11.0. The molecule has 1 rings (SSSR count). The molecule has 12 heavy (non-hydrogen) atoms. The van der Waals surface area contributed by atoms with E-state index < -0.39 is 10.8 Å². The van der Waals surface area contributed by atoms with E-state index in [0.29, 0.717) is 0 Å². The van der Waals surface area contributed by atoms with E-state index in [1.807, 2.05) is 6.92 Å². The topological polar surface area (TPSA) is 40.5 Å². The van der Waals surface area contributed by atoms with Gasteiger partial charge in [-0.15, -0.1) is 0 Å². The Bertz CT molecular complexity index is 153. The molecule has 0 radical (unpaired) electrons. The molecule has 0 spiro atoms. The molecule has 0 aromatic rings. The second kappa shape index (κ2) is 4.94. The van der Waals surface area contributed by atoms with Crippen LogP contribution in [-0.2, 0) is 10.8 Å². The SMILES string of the molecule is CC[C@H](O)CN1CCS(=O)CC1. The largest absolute Gasteiger partial charge is 0.392 e. The van der Waals surface area contributed by atoms with Crippen molar-refractivity contribution in [3.8, 4) is 0 Å². The first-order valence-electron chi connectivity index (χ1n) is 4.47. The van der Waals surface area contributed by atoms with Crippen molar-refractivity contribution in [2.75, 3.05) is 31.1 Å². The van der Waals surface area contributed by atoms with Gasteiger partial charge in [0.15, 0.2) is 0 Å². The van der Waals surface area contributed by atoms with Crippen LogP contribution in [0.25, 0.3) is 0 Å². The lowest BCUT2D eigenvalue weighted by Gasteiger charge is -2.27. The molecule has 0 unspecified atom stereocenters. The number of hydrogen-bond acceptors (Lipinski definition) is 3. The van der Waals surface area contributed by atoms with E-state index >= 15 is 0 Å². The van der Waals surface area contributed by atoms with Crippen LogP contribution in [0.4, 0.5) is 0 Å². The van der Waals surface area contributed by atoms with Crippen molar-refractivity contribution in [1.82, 2.24) is 4.90 Å². The number of aliphatic hydroxyl groups is 1. The van der Waals surface area contributed by atoms with E-state index in [9.17, 15) is 9.32 Å². The van der Waals surface area contributed by atoms with Crippen LogP contribution >= 0.6 is 0 Å². The van der Waals surface area contributed by atoms with E-state index in [0.717, 1.165) is 37.6 Å². The molecule has 1 N–H and O–H groups in total. The smallest absolute Gasteiger partial charge is 0.0664 e. The molecule has 72 valence electrons. The van der Waals surface area contributed by atoms with Gasteiger partial charge in [-0.25, -0.2) is 0 Å². The third-order valence-electron chi connectivity index (χ3n) is 2.21. The Labute approximate surface area is 76.2 Å². The summed E-state index contributed by atoms with van der Waals surface area (Å²) >= 11 is 0. The number of hydrogen-bond donors (Lipinski definition) is 1. The van der Waals surface area contributed by atoms with Crippen LogP contribution in [0.15, 0.2) is 0 Å². The van der Waals surface area contributed by atoms with Crippen LogP contribution in [0.1, 0.15) is 13.3 Å². The maximum absolute atomic E-state index is 11.0. The van der Waals surface area contributed by atoms with Crippen LogP contribution < -0.4 is 0 Å². The number of β-amino-alcohol motifs (C(OH)–C–C–N with tert-alkyl or cyclic N) is 1. The molecular weight excluding hydrogens is 174 g/mol. The summed E-state index contributed by atoms with van der Waals surface area (Å²) in [7, 11) is -0.601. The highest BCUT2D eigenvalue weighted by molar-refractivity contribution is 7.85. The van der Waals surface area contributed by atoms with E-state index in [2.05, 4.69) is 4.90 Å². The molecule has 1 fully saturated rings. The number of nitrogens with zero attached hydrogens (tertiary/aromatic N) is 1. The Morgan fingerprint density at radius 1 is 1.50 bits per heavy atom. The average Bonchev–Trinajstić information content (AvgIpc) is 2.09. The lowest BCUT2D eigenvalue weighted by atomic mass is 10.2.